The first-order valence-corrected chi connectivity index (χ1v) is 8.87. The summed E-state index contributed by atoms with van der Waals surface area (Å²) in [6.45, 7) is 0. The monoisotopic (exact) mass is 362 g/mol. The normalized spacial score (nSPS) is 12.5. The summed E-state index contributed by atoms with van der Waals surface area (Å²) >= 11 is 1.57. The minimum absolute atomic E-state index is 0.269. The average molecular weight is 362 g/mol. The molecule has 0 saturated carbocycles. The van der Waals surface area contributed by atoms with Gasteiger partial charge in [0, 0.05) is 11.8 Å². The Balaban J connectivity index is 1.55. The standard InChI is InChI=1S/C20H14N2O3S/c23-19(8-5-13-9-10-26-12-13)21-14-6-7-17-15(11-14)20(24)22-16-3-1-2-4-18(16)25-17/h1-12H,(H,21,23)(H,22,24)/b8-5+. The van der Waals surface area contributed by atoms with E-state index in [2.05, 4.69) is 10.6 Å². The number of para-hydroxylation sites is 2. The van der Waals surface area contributed by atoms with Crippen molar-refractivity contribution in [1.29, 1.82) is 0 Å². The number of hydrogen-bond acceptors (Lipinski definition) is 4. The molecule has 1 aliphatic heterocycles. The molecule has 2 heterocycles. The van der Waals surface area contributed by atoms with E-state index < -0.39 is 0 Å². The molecule has 4 rings (SSSR count). The lowest BCUT2D eigenvalue weighted by Gasteiger charge is -2.09. The molecule has 2 aromatic carbocycles. The zero-order chi connectivity index (χ0) is 17.9. The number of hydrogen-bond donors (Lipinski definition) is 2. The lowest BCUT2D eigenvalue weighted by atomic mass is 10.1. The lowest BCUT2D eigenvalue weighted by Crippen LogP contribution is -2.12. The van der Waals surface area contributed by atoms with E-state index in [-0.39, 0.29) is 11.8 Å². The minimum atomic E-state index is -0.283. The number of carbonyl (C=O) groups excluding carboxylic acids is 2. The van der Waals surface area contributed by atoms with E-state index in [0.29, 0.717) is 28.4 Å². The Morgan fingerprint density at radius 2 is 2.00 bits per heavy atom. The van der Waals surface area contributed by atoms with E-state index in [9.17, 15) is 9.59 Å². The molecule has 1 aliphatic rings. The van der Waals surface area contributed by atoms with Gasteiger partial charge >= 0.3 is 0 Å². The molecule has 0 bridgehead atoms. The highest BCUT2D eigenvalue weighted by Gasteiger charge is 2.21. The largest absolute Gasteiger partial charge is 0.454 e. The molecular formula is C20H14N2O3S. The molecule has 0 unspecified atom stereocenters. The van der Waals surface area contributed by atoms with Gasteiger partial charge in [-0.3, -0.25) is 9.59 Å². The van der Waals surface area contributed by atoms with E-state index >= 15 is 0 Å². The number of amides is 2. The van der Waals surface area contributed by atoms with Gasteiger partial charge in [-0.15, -0.1) is 0 Å². The quantitative estimate of drug-likeness (QED) is 0.660. The topological polar surface area (TPSA) is 67.4 Å². The fourth-order valence-corrected chi connectivity index (χ4v) is 3.20. The van der Waals surface area contributed by atoms with Crippen LogP contribution in [0.1, 0.15) is 15.9 Å². The number of fused-ring (bicyclic) bond motifs is 2. The van der Waals surface area contributed by atoms with Crippen molar-refractivity contribution in [1.82, 2.24) is 0 Å². The molecule has 26 heavy (non-hydrogen) atoms. The number of benzene rings is 2. The second-order valence-electron chi connectivity index (χ2n) is 5.64. The minimum Gasteiger partial charge on any atom is -0.454 e. The van der Waals surface area contributed by atoms with E-state index in [4.69, 9.17) is 4.74 Å². The van der Waals surface area contributed by atoms with Crippen molar-refractivity contribution in [2.24, 2.45) is 0 Å². The van der Waals surface area contributed by atoms with Crippen molar-refractivity contribution in [2.75, 3.05) is 10.6 Å². The number of thiophene rings is 1. The second-order valence-corrected chi connectivity index (χ2v) is 6.42. The van der Waals surface area contributed by atoms with Gasteiger partial charge in [0.2, 0.25) is 5.91 Å². The maximum absolute atomic E-state index is 12.5. The first-order valence-electron chi connectivity index (χ1n) is 7.92. The molecule has 0 fully saturated rings. The maximum atomic E-state index is 12.5. The van der Waals surface area contributed by atoms with Crippen LogP contribution in [0.2, 0.25) is 0 Å². The molecule has 2 N–H and O–H groups in total. The van der Waals surface area contributed by atoms with Crippen molar-refractivity contribution in [3.05, 3.63) is 76.5 Å². The first-order chi connectivity index (χ1) is 12.7. The summed E-state index contributed by atoms with van der Waals surface area (Å²) in [6, 6.07) is 14.1. The van der Waals surface area contributed by atoms with Gasteiger partial charge in [-0.25, -0.2) is 0 Å². The van der Waals surface area contributed by atoms with E-state index in [1.807, 2.05) is 29.0 Å². The fraction of sp³-hybridized carbons (Fsp3) is 0. The Bertz CT molecular complexity index is 1010. The summed E-state index contributed by atoms with van der Waals surface area (Å²) in [7, 11) is 0. The Morgan fingerprint density at radius 1 is 1.12 bits per heavy atom. The Kier molecular flexibility index (Phi) is 4.25. The molecule has 0 atom stereocenters. The third-order valence-corrected chi connectivity index (χ3v) is 4.52. The molecule has 128 valence electrons. The van der Waals surface area contributed by atoms with Crippen molar-refractivity contribution in [3.8, 4) is 11.5 Å². The molecule has 3 aromatic rings. The average Bonchev–Trinajstić information content (AvgIpc) is 3.11. The molecule has 6 heteroatoms. The summed E-state index contributed by atoms with van der Waals surface area (Å²) in [4.78, 5) is 24.5. The molecule has 0 saturated heterocycles. The van der Waals surface area contributed by atoms with Crippen LogP contribution in [0.25, 0.3) is 6.08 Å². The van der Waals surface area contributed by atoms with Gasteiger partial charge in [-0.05, 0) is 58.8 Å². The maximum Gasteiger partial charge on any atom is 0.259 e. The molecule has 0 radical (unpaired) electrons. The van der Waals surface area contributed by atoms with Crippen molar-refractivity contribution in [3.63, 3.8) is 0 Å². The van der Waals surface area contributed by atoms with Crippen LogP contribution >= 0.6 is 11.3 Å². The van der Waals surface area contributed by atoms with Crippen LogP contribution in [0.3, 0.4) is 0 Å². The van der Waals surface area contributed by atoms with Crippen molar-refractivity contribution in [2.45, 2.75) is 0 Å². The number of nitrogens with one attached hydrogen (secondary N) is 2. The lowest BCUT2D eigenvalue weighted by molar-refractivity contribution is -0.111. The summed E-state index contributed by atoms with van der Waals surface area (Å²) < 4.78 is 5.82. The predicted octanol–water partition coefficient (Wildman–Crippen LogP) is 4.76. The van der Waals surface area contributed by atoms with E-state index in [1.165, 1.54) is 6.08 Å². The van der Waals surface area contributed by atoms with Gasteiger partial charge in [0.25, 0.3) is 5.91 Å². The third-order valence-electron chi connectivity index (χ3n) is 3.82. The summed E-state index contributed by atoms with van der Waals surface area (Å²) in [5.41, 5.74) is 2.46. The van der Waals surface area contributed by atoms with Crippen LogP contribution in [0.4, 0.5) is 11.4 Å². The highest BCUT2D eigenvalue weighted by molar-refractivity contribution is 7.08. The van der Waals surface area contributed by atoms with Crippen LogP contribution in [-0.2, 0) is 4.79 Å². The highest BCUT2D eigenvalue weighted by atomic mass is 32.1. The SMILES string of the molecule is O=C(/C=C/c1ccsc1)Nc1ccc2c(c1)C(=O)Nc1ccccc1O2. The van der Waals surface area contributed by atoms with Gasteiger partial charge in [-0.1, -0.05) is 12.1 Å². The molecule has 0 aliphatic carbocycles. The highest BCUT2D eigenvalue weighted by Crippen LogP contribution is 2.36. The third kappa shape index (κ3) is 3.36. The zero-order valence-corrected chi connectivity index (χ0v) is 14.4. The Morgan fingerprint density at radius 3 is 2.85 bits per heavy atom. The molecule has 0 spiro atoms. The van der Waals surface area contributed by atoms with Crippen LogP contribution in [-0.4, -0.2) is 11.8 Å². The zero-order valence-electron chi connectivity index (χ0n) is 13.6. The number of anilines is 2. The van der Waals surface area contributed by atoms with Crippen LogP contribution in [0.5, 0.6) is 11.5 Å². The van der Waals surface area contributed by atoms with Gasteiger partial charge in [0.1, 0.15) is 5.75 Å². The molecule has 5 nitrogen and oxygen atoms in total. The fourth-order valence-electron chi connectivity index (χ4n) is 2.57. The number of carbonyl (C=O) groups is 2. The van der Waals surface area contributed by atoms with Crippen LogP contribution in [0.15, 0.2) is 65.4 Å². The number of rotatable bonds is 3. The molecule has 1 aromatic heterocycles. The Labute approximate surface area is 153 Å². The molecule has 2 amide bonds. The Hall–Kier alpha value is -3.38. The summed E-state index contributed by atoms with van der Waals surface area (Å²) in [6.07, 6.45) is 3.20. The number of ether oxygens (including phenoxy) is 1. The first kappa shape index (κ1) is 16.1. The van der Waals surface area contributed by atoms with Crippen LogP contribution < -0.4 is 15.4 Å². The van der Waals surface area contributed by atoms with Gasteiger partial charge in [0.15, 0.2) is 5.75 Å². The smallest absolute Gasteiger partial charge is 0.259 e. The molecular weight excluding hydrogens is 348 g/mol. The summed E-state index contributed by atoms with van der Waals surface area (Å²) in [5.74, 6) is 0.471. The predicted molar refractivity (Wildman–Crippen MR) is 103 cm³/mol. The van der Waals surface area contributed by atoms with Crippen molar-refractivity contribution >= 4 is 40.6 Å². The van der Waals surface area contributed by atoms with Gasteiger partial charge in [0.05, 0.1) is 11.3 Å². The summed E-state index contributed by atoms with van der Waals surface area (Å²) in [5, 5.41) is 9.47. The van der Waals surface area contributed by atoms with Gasteiger partial charge in [-0.2, -0.15) is 11.3 Å². The van der Waals surface area contributed by atoms with Crippen LogP contribution in [0, 0.1) is 0 Å². The van der Waals surface area contributed by atoms with E-state index in [0.717, 1.165) is 5.56 Å². The van der Waals surface area contributed by atoms with Gasteiger partial charge < -0.3 is 15.4 Å². The van der Waals surface area contributed by atoms with Crippen molar-refractivity contribution < 1.29 is 14.3 Å². The second kappa shape index (κ2) is 6.85. The van der Waals surface area contributed by atoms with E-state index in [1.54, 1.807) is 47.7 Å².